The number of nitrogens with zero attached hydrogens (tertiary/aromatic N) is 3. The quantitative estimate of drug-likeness (QED) is 0.709. The number of hydrogen-bond donors (Lipinski definition) is 0. The largest absolute Gasteiger partial charge is 0.805 e. The van der Waals surface area contributed by atoms with Gasteiger partial charge in [0.2, 0.25) is 6.20 Å². The van der Waals surface area contributed by atoms with Crippen LogP contribution in [0.2, 0.25) is 0 Å². The highest BCUT2D eigenvalue weighted by molar-refractivity contribution is 5.67. The Kier molecular flexibility index (Phi) is 2.77. The van der Waals surface area contributed by atoms with Crippen molar-refractivity contribution in [3.05, 3.63) is 64.5 Å². The average molecular weight is 215 g/mol. The topological polar surface area (TPSA) is 63.9 Å². The van der Waals surface area contributed by atoms with Crippen molar-refractivity contribution in [1.29, 1.82) is 0 Å². The van der Waals surface area contributed by atoms with Crippen molar-refractivity contribution in [3.8, 4) is 0 Å². The van der Waals surface area contributed by atoms with E-state index in [9.17, 15) is 10.1 Å². The molecule has 16 heavy (non-hydrogen) atoms. The van der Waals surface area contributed by atoms with Crippen LogP contribution in [-0.4, -0.2) is 9.71 Å². The van der Waals surface area contributed by atoms with E-state index in [0.717, 1.165) is 18.0 Å². The summed E-state index contributed by atoms with van der Waals surface area (Å²) in [6.45, 7) is 0. The van der Waals surface area contributed by atoms with Crippen LogP contribution >= 0.6 is 0 Å². The Morgan fingerprint density at radius 3 is 3.06 bits per heavy atom. The molecule has 0 bridgehead atoms. The highest BCUT2D eigenvalue weighted by Gasteiger charge is 1.96. The molecule has 0 unspecified atom stereocenters. The fourth-order valence-electron chi connectivity index (χ4n) is 1.22. The number of hydrogen-bond acceptors (Lipinski definition) is 3. The van der Waals surface area contributed by atoms with Crippen LogP contribution in [0.15, 0.2) is 43.1 Å². The molecule has 2 heterocycles. The minimum atomic E-state index is 0.279. The van der Waals surface area contributed by atoms with Crippen LogP contribution < -0.4 is 4.43 Å². The Morgan fingerprint density at radius 2 is 2.31 bits per heavy atom. The van der Waals surface area contributed by atoms with Crippen molar-refractivity contribution in [3.63, 3.8) is 0 Å². The first-order valence-electron chi connectivity index (χ1n) is 4.66. The van der Waals surface area contributed by atoms with Gasteiger partial charge in [-0.15, -0.1) is 0 Å². The molecule has 0 aliphatic carbocycles. The van der Waals surface area contributed by atoms with Crippen LogP contribution in [0.3, 0.4) is 0 Å². The smallest absolute Gasteiger partial charge is 0.251 e. The molecule has 2 aromatic heterocycles. The van der Waals surface area contributed by atoms with Crippen molar-refractivity contribution in [2.75, 3.05) is 0 Å². The van der Waals surface area contributed by atoms with E-state index in [4.69, 9.17) is 0 Å². The van der Waals surface area contributed by atoms with Gasteiger partial charge in [-0.2, -0.15) is 0 Å². The van der Waals surface area contributed by atoms with E-state index in [1.54, 1.807) is 30.6 Å². The predicted octanol–water partition coefficient (Wildman–Crippen LogP) is 1.31. The Balaban J connectivity index is 2.31. The van der Waals surface area contributed by atoms with Gasteiger partial charge in [0, 0.05) is 17.3 Å². The molecule has 5 heteroatoms. The van der Waals surface area contributed by atoms with Gasteiger partial charge < -0.3 is 9.94 Å². The molecule has 0 radical (unpaired) electrons. The standard InChI is InChI=1S/C11H9N3O2/c15-13-6-7-14(16)11(9-13)4-3-10-2-1-5-12-8-10/h1-9H/b4-3+. The number of aromatic nitrogens is 3. The minimum Gasteiger partial charge on any atom is -0.805 e. The van der Waals surface area contributed by atoms with E-state index in [0.29, 0.717) is 9.16 Å². The molecule has 0 amide bonds. The normalized spacial score (nSPS) is 10.8. The van der Waals surface area contributed by atoms with Crippen LogP contribution in [-0.2, 0) is 0 Å². The van der Waals surface area contributed by atoms with Crippen LogP contribution in [0.1, 0.15) is 11.3 Å². The lowest BCUT2D eigenvalue weighted by Crippen LogP contribution is -2.15. The van der Waals surface area contributed by atoms with Gasteiger partial charge in [-0.1, -0.05) is 12.1 Å². The average Bonchev–Trinajstić information content (AvgIpc) is 2.32. The molecule has 80 valence electrons. The van der Waals surface area contributed by atoms with Gasteiger partial charge in [-0.05, 0) is 17.7 Å². The number of pyridine rings is 1. The zero-order valence-electron chi connectivity index (χ0n) is 8.35. The van der Waals surface area contributed by atoms with Crippen molar-refractivity contribution in [2.24, 2.45) is 0 Å². The Labute approximate surface area is 91.5 Å². The van der Waals surface area contributed by atoms with E-state index in [-0.39, 0.29) is 5.69 Å². The molecule has 0 aromatic carbocycles. The second-order valence-electron chi connectivity index (χ2n) is 3.16. The predicted molar refractivity (Wildman–Crippen MR) is 59.7 cm³/mol. The van der Waals surface area contributed by atoms with E-state index in [1.165, 1.54) is 6.20 Å². The SMILES string of the molecule is O=[n+]1ccn([O-])c(/C=C/c2cccnc2)c1. The highest BCUT2D eigenvalue weighted by atomic mass is 16.5. The fourth-order valence-corrected chi connectivity index (χ4v) is 1.22. The number of rotatable bonds is 2. The van der Waals surface area contributed by atoms with E-state index in [2.05, 4.69) is 4.98 Å². The van der Waals surface area contributed by atoms with Gasteiger partial charge in [0.25, 0.3) is 6.20 Å². The van der Waals surface area contributed by atoms with Gasteiger partial charge in [0.1, 0.15) is 5.69 Å². The molecule has 2 rings (SSSR count). The summed E-state index contributed by atoms with van der Waals surface area (Å²) in [4.78, 5) is 14.9. The molecule has 0 saturated heterocycles. The maximum absolute atomic E-state index is 11.3. The summed E-state index contributed by atoms with van der Waals surface area (Å²) >= 11 is 0. The highest BCUT2D eigenvalue weighted by Crippen LogP contribution is 2.04. The Bertz CT molecular complexity index is 561. The second kappa shape index (κ2) is 4.39. The molecule has 0 aliphatic rings. The van der Waals surface area contributed by atoms with Gasteiger partial charge in [0.05, 0.1) is 10.6 Å². The first-order valence-corrected chi connectivity index (χ1v) is 4.66. The van der Waals surface area contributed by atoms with E-state index < -0.39 is 0 Å². The summed E-state index contributed by atoms with van der Waals surface area (Å²) < 4.78 is 1.21. The molecule has 0 N–H and O–H groups in total. The molecule has 0 fully saturated rings. The summed E-state index contributed by atoms with van der Waals surface area (Å²) in [6, 6.07) is 3.65. The van der Waals surface area contributed by atoms with Crippen LogP contribution in [0.4, 0.5) is 0 Å². The Hall–Kier alpha value is -2.43. The summed E-state index contributed by atoms with van der Waals surface area (Å²) in [5.41, 5.74) is 1.14. The maximum atomic E-state index is 11.3. The molecule has 0 saturated carbocycles. The van der Waals surface area contributed by atoms with Crippen molar-refractivity contribution in [1.82, 2.24) is 9.71 Å². The monoisotopic (exact) mass is 215 g/mol. The van der Waals surface area contributed by atoms with Crippen molar-refractivity contribution >= 4 is 12.2 Å². The maximum Gasteiger partial charge on any atom is 0.251 e. The molecule has 0 aliphatic heterocycles. The lowest BCUT2D eigenvalue weighted by atomic mass is 10.2. The molecule has 0 atom stereocenters. The fraction of sp³-hybridized carbons (Fsp3) is 0. The van der Waals surface area contributed by atoms with Crippen LogP contribution in [0.25, 0.3) is 12.2 Å². The zero-order valence-corrected chi connectivity index (χ0v) is 8.35. The second-order valence-corrected chi connectivity index (χ2v) is 3.16. The van der Waals surface area contributed by atoms with Crippen LogP contribution in [0, 0.1) is 10.1 Å². The third-order valence-corrected chi connectivity index (χ3v) is 1.99. The summed E-state index contributed by atoms with van der Waals surface area (Å²) in [5.74, 6) is 0. The van der Waals surface area contributed by atoms with Gasteiger partial charge in [-0.3, -0.25) is 4.98 Å². The summed E-state index contributed by atoms with van der Waals surface area (Å²) in [7, 11) is 0. The molecule has 5 nitrogen and oxygen atoms in total. The van der Waals surface area contributed by atoms with E-state index in [1.807, 2.05) is 6.07 Å². The lowest BCUT2D eigenvalue weighted by molar-refractivity contribution is -0.495. The molecular formula is C11H9N3O2. The lowest BCUT2D eigenvalue weighted by Gasteiger charge is -2.09. The van der Waals surface area contributed by atoms with Crippen molar-refractivity contribution < 1.29 is 4.43 Å². The first-order chi connectivity index (χ1) is 7.75. The minimum absolute atomic E-state index is 0.279. The summed E-state index contributed by atoms with van der Waals surface area (Å²) in [5, 5.41) is 11.3. The zero-order chi connectivity index (χ0) is 11.4. The van der Waals surface area contributed by atoms with Gasteiger partial charge in [0.15, 0.2) is 0 Å². The first kappa shape index (κ1) is 10.1. The molecule has 2 aromatic rings. The third-order valence-electron chi connectivity index (χ3n) is 1.99. The van der Waals surface area contributed by atoms with Gasteiger partial charge >= 0.3 is 0 Å². The van der Waals surface area contributed by atoms with Crippen molar-refractivity contribution in [2.45, 2.75) is 0 Å². The summed E-state index contributed by atoms with van der Waals surface area (Å²) in [6.07, 6.45) is 10.1. The third kappa shape index (κ3) is 2.33. The Morgan fingerprint density at radius 1 is 1.44 bits per heavy atom. The van der Waals surface area contributed by atoms with E-state index >= 15 is 0 Å². The molecule has 0 spiro atoms. The van der Waals surface area contributed by atoms with Crippen LogP contribution in [0.5, 0.6) is 0 Å². The van der Waals surface area contributed by atoms with Gasteiger partial charge in [-0.25, -0.2) is 0 Å². The molecular weight excluding hydrogens is 206 g/mol.